The van der Waals surface area contributed by atoms with E-state index in [1.807, 2.05) is 0 Å². The minimum Gasteiger partial charge on any atom is -0.490 e. The van der Waals surface area contributed by atoms with E-state index in [1.54, 1.807) is 19.1 Å². The van der Waals surface area contributed by atoms with Crippen LogP contribution in [0.15, 0.2) is 48.5 Å². The van der Waals surface area contributed by atoms with Crippen LogP contribution in [0.5, 0.6) is 5.75 Å². The molecule has 1 saturated heterocycles. The number of aliphatic hydroxyl groups is 1. The standard InChI is InChI=1S/C25H32FNO3/c1-19-15-23(11-12-24(19)26)30-18-25(28)16-27(13-14-29-17-25)22-9-7-21(8-10-22)20-5-3-2-4-6-20/h2-6,11-12,15,21-22,28H,7-10,13-14,16-18H2,1H3/t21?,22?,25-/m1/s1. The molecule has 5 heteroatoms. The number of nitrogens with zero attached hydrogens (tertiary/aromatic N) is 1. The molecule has 0 unspecified atom stereocenters. The molecule has 4 nitrogen and oxygen atoms in total. The average Bonchev–Trinajstić information content (AvgIpc) is 2.97. The molecule has 0 aromatic heterocycles. The van der Waals surface area contributed by atoms with Gasteiger partial charge in [-0.05, 0) is 67.9 Å². The molecule has 4 rings (SSSR count). The van der Waals surface area contributed by atoms with E-state index >= 15 is 0 Å². The fourth-order valence-electron chi connectivity index (χ4n) is 4.77. The summed E-state index contributed by atoms with van der Waals surface area (Å²) in [6, 6.07) is 15.9. The molecule has 2 aromatic carbocycles. The van der Waals surface area contributed by atoms with Crippen LogP contribution in [0, 0.1) is 12.7 Å². The van der Waals surface area contributed by atoms with Crippen LogP contribution in [0.25, 0.3) is 0 Å². The van der Waals surface area contributed by atoms with Gasteiger partial charge < -0.3 is 14.6 Å². The first-order valence-corrected chi connectivity index (χ1v) is 11.0. The maximum absolute atomic E-state index is 13.5. The summed E-state index contributed by atoms with van der Waals surface area (Å²) in [5.74, 6) is 0.951. The summed E-state index contributed by atoms with van der Waals surface area (Å²) in [6.45, 7) is 4.08. The van der Waals surface area contributed by atoms with E-state index in [4.69, 9.17) is 9.47 Å². The van der Waals surface area contributed by atoms with Crippen molar-refractivity contribution in [2.24, 2.45) is 0 Å². The van der Waals surface area contributed by atoms with E-state index in [0.29, 0.717) is 36.4 Å². The molecule has 162 valence electrons. The molecule has 2 aliphatic rings. The lowest BCUT2D eigenvalue weighted by molar-refractivity contribution is -0.0683. The molecule has 30 heavy (non-hydrogen) atoms. The Morgan fingerprint density at radius 2 is 1.90 bits per heavy atom. The van der Waals surface area contributed by atoms with Crippen LogP contribution < -0.4 is 4.74 Å². The molecule has 2 aromatic rings. The molecule has 2 fully saturated rings. The summed E-state index contributed by atoms with van der Waals surface area (Å²) in [6.07, 6.45) is 4.62. The van der Waals surface area contributed by atoms with Crippen molar-refractivity contribution in [3.05, 3.63) is 65.5 Å². The zero-order valence-corrected chi connectivity index (χ0v) is 17.7. The van der Waals surface area contributed by atoms with E-state index in [-0.39, 0.29) is 19.0 Å². The van der Waals surface area contributed by atoms with E-state index < -0.39 is 5.60 Å². The minimum absolute atomic E-state index is 0.133. The molecule has 1 heterocycles. The Hall–Kier alpha value is -1.95. The van der Waals surface area contributed by atoms with Gasteiger partial charge in [0.1, 0.15) is 23.8 Å². The average molecular weight is 414 g/mol. The molecule has 1 atom stereocenters. The maximum Gasteiger partial charge on any atom is 0.134 e. The van der Waals surface area contributed by atoms with Crippen LogP contribution in [-0.4, -0.2) is 54.6 Å². The van der Waals surface area contributed by atoms with Gasteiger partial charge in [0, 0.05) is 19.1 Å². The van der Waals surface area contributed by atoms with Gasteiger partial charge in [0.15, 0.2) is 0 Å². The van der Waals surface area contributed by atoms with Crippen LogP contribution >= 0.6 is 0 Å². The van der Waals surface area contributed by atoms with E-state index in [9.17, 15) is 9.50 Å². The zero-order chi connectivity index (χ0) is 21.0. The predicted octanol–water partition coefficient (Wildman–Crippen LogP) is 4.30. The second-order valence-corrected chi connectivity index (χ2v) is 8.86. The Balaban J connectivity index is 1.34. The summed E-state index contributed by atoms with van der Waals surface area (Å²) >= 11 is 0. The fraction of sp³-hybridized carbons (Fsp3) is 0.520. The molecule has 0 spiro atoms. The number of rotatable bonds is 5. The van der Waals surface area contributed by atoms with E-state index in [2.05, 4.69) is 35.2 Å². The van der Waals surface area contributed by atoms with Gasteiger partial charge in [-0.3, -0.25) is 4.90 Å². The van der Waals surface area contributed by atoms with Crippen LogP contribution in [0.4, 0.5) is 4.39 Å². The van der Waals surface area contributed by atoms with E-state index in [1.165, 1.54) is 24.5 Å². The second kappa shape index (κ2) is 9.46. The summed E-state index contributed by atoms with van der Waals surface area (Å²) in [5.41, 5.74) is 0.901. The molecule has 1 aliphatic heterocycles. The van der Waals surface area contributed by atoms with Crippen LogP contribution in [0.3, 0.4) is 0 Å². The van der Waals surface area contributed by atoms with Crippen molar-refractivity contribution in [1.82, 2.24) is 4.90 Å². The minimum atomic E-state index is -1.07. The third-order valence-electron chi connectivity index (χ3n) is 6.51. The Morgan fingerprint density at radius 1 is 1.13 bits per heavy atom. The summed E-state index contributed by atoms with van der Waals surface area (Å²) < 4.78 is 25.0. The Labute approximate surface area is 178 Å². The van der Waals surface area contributed by atoms with Crippen molar-refractivity contribution in [1.29, 1.82) is 0 Å². The first-order chi connectivity index (χ1) is 14.5. The Kier molecular flexibility index (Phi) is 6.71. The fourth-order valence-corrected chi connectivity index (χ4v) is 4.77. The number of aryl methyl sites for hydroxylation is 1. The van der Waals surface area contributed by atoms with Crippen LogP contribution in [0.1, 0.15) is 42.7 Å². The first-order valence-electron chi connectivity index (χ1n) is 11.0. The van der Waals surface area contributed by atoms with Gasteiger partial charge in [-0.1, -0.05) is 30.3 Å². The topological polar surface area (TPSA) is 41.9 Å². The summed E-state index contributed by atoms with van der Waals surface area (Å²) in [4.78, 5) is 2.38. The molecule has 1 N–H and O–H groups in total. The molecular weight excluding hydrogens is 381 g/mol. The van der Waals surface area contributed by atoms with Crippen molar-refractivity contribution >= 4 is 0 Å². The number of halogens is 1. The predicted molar refractivity (Wildman–Crippen MR) is 115 cm³/mol. The van der Waals surface area contributed by atoms with Gasteiger partial charge in [-0.25, -0.2) is 4.39 Å². The number of β-amino-alcohol motifs (C(OH)–C–C–N with tert-alkyl or cyclic N) is 1. The van der Waals surface area contributed by atoms with Crippen molar-refractivity contribution in [3.8, 4) is 5.75 Å². The van der Waals surface area contributed by atoms with Gasteiger partial charge in [0.25, 0.3) is 0 Å². The highest BCUT2D eigenvalue weighted by Crippen LogP contribution is 2.35. The number of hydrogen-bond donors (Lipinski definition) is 1. The molecule has 1 aliphatic carbocycles. The highest BCUT2D eigenvalue weighted by molar-refractivity contribution is 5.29. The number of hydrogen-bond acceptors (Lipinski definition) is 4. The lowest BCUT2D eigenvalue weighted by Gasteiger charge is -2.39. The lowest BCUT2D eigenvalue weighted by Crippen LogP contribution is -2.52. The van der Waals surface area contributed by atoms with Gasteiger partial charge in [0.2, 0.25) is 0 Å². The molecule has 0 amide bonds. The monoisotopic (exact) mass is 413 g/mol. The van der Waals surface area contributed by atoms with Gasteiger partial charge in [-0.2, -0.15) is 0 Å². The van der Waals surface area contributed by atoms with Crippen molar-refractivity contribution in [3.63, 3.8) is 0 Å². The largest absolute Gasteiger partial charge is 0.490 e. The zero-order valence-electron chi connectivity index (χ0n) is 17.7. The lowest BCUT2D eigenvalue weighted by atomic mass is 9.81. The smallest absolute Gasteiger partial charge is 0.134 e. The third-order valence-corrected chi connectivity index (χ3v) is 6.51. The van der Waals surface area contributed by atoms with Crippen molar-refractivity contribution < 1.29 is 19.0 Å². The Bertz CT molecular complexity index is 822. The Morgan fingerprint density at radius 3 is 2.63 bits per heavy atom. The molecule has 0 radical (unpaired) electrons. The number of ether oxygens (including phenoxy) is 2. The first kappa shape index (κ1) is 21.3. The van der Waals surface area contributed by atoms with E-state index in [0.717, 1.165) is 19.4 Å². The quantitative estimate of drug-likeness (QED) is 0.794. The van der Waals surface area contributed by atoms with Crippen molar-refractivity contribution in [2.75, 3.05) is 32.9 Å². The molecule has 1 saturated carbocycles. The van der Waals surface area contributed by atoms with Gasteiger partial charge in [0.05, 0.1) is 13.2 Å². The second-order valence-electron chi connectivity index (χ2n) is 8.86. The van der Waals surface area contributed by atoms with Crippen molar-refractivity contribution in [2.45, 2.75) is 50.2 Å². The third kappa shape index (κ3) is 5.20. The molecular formula is C25H32FNO3. The normalized spacial score (nSPS) is 28.1. The van der Waals surface area contributed by atoms with Gasteiger partial charge >= 0.3 is 0 Å². The summed E-state index contributed by atoms with van der Waals surface area (Å²) in [5, 5.41) is 11.2. The highest BCUT2D eigenvalue weighted by Gasteiger charge is 2.37. The van der Waals surface area contributed by atoms with Crippen LogP contribution in [-0.2, 0) is 4.74 Å². The molecule has 0 bridgehead atoms. The maximum atomic E-state index is 13.5. The highest BCUT2D eigenvalue weighted by atomic mass is 19.1. The number of benzene rings is 2. The summed E-state index contributed by atoms with van der Waals surface area (Å²) in [7, 11) is 0. The SMILES string of the molecule is Cc1cc(OC[C@]2(O)COCCN(C3CCC(c4ccccc4)CC3)C2)ccc1F. The van der Waals surface area contributed by atoms with Crippen LogP contribution in [0.2, 0.25) is 0 Å². The van der Waals surface area contributed by atoms with Gasteiger partial charge in [-0.15, -0.1) is 0 Å².